The highest BCUT2D eigenvalue weighted by Gasteiger charge is 2.31. The van der Waals surface area contributed by atoms with E-state index >= 15 is 0 Å². The van der Waals surface area contributed by atoms with Gasteiger partial charge in [-0.1, -0.05) is 30.3 Å². The van der Waals surface area contributed by atoms with E-state index in [-0.39, 0.29) is 17.6 Å². The number of benzene rings is 2. The van der Waals surface area contributed by atoms with Gasteiger partial charge in [-0.25, -0.2) is 9.37 Å². The number of rotatable bonds is 7. The fraction of sp³-hybridized carbons (Fsp3) is 0.207. The standard InChI is InChI=1S/C29H28FN5O2/c1-3-35-16-14-23-25(29(35)37)27(32-22-7-5-4-6-8-22)26(33-23)20-13-15-31-24(17-20)34-28(36)18(2)19-9-11-21(30)12-10-19/h4-13,15,17-18,32-33H,3,14,16H2,1-2H3,(H,31,34,36)/t18-/m1/s1. The zero-order valence-corrected chi connectivity index (χ0v) is 20.7. The molecule has 0 saturated carbocycles. The van der Waals surface area contributed by atoms with Crippen LogP contribution in [0.2, 0.25) is 0 Å². The monoisotopic (exact) mass is 497 g/mol. The van der Waals surface area contributed by atoms with Crippen LogP contribution in [0.5, 0.6) is 0 Å². The molecule has 1 aliphatic heterocycles. The Morgan fingerprint density at radius 2 is 1.89 bits per heavy atom. The molecule has 1 aliphatic rings. The second-order valence-electron chi connectivity index (χ2n) is 9.05. The Morgan fingerprint density at radius 1 is 1.14 bits per heavy atom. The van der Waals surface area contributed by atoms with Crippen LogP contribution < -0.4 is 10.6 Å². The summed E-state index contributed by atoms with van der Waals surface area (Å²) >= 11 is 0. The first-order valence-electron chi connectivity index (χ1n) is 12.3. The maximum atomic E-state index is 13.3. The Labute approximate surface area is 214 Å². The van der Waals surface area contributed by atoms with Crippen LogP contribution in [0.25, 0.3) is 11.3 Å². The molecule has 3 N–H and O–H groups in total. The van der Waals surface area contributed by atoms with Gasteiger partial charge in [0.2, 0.25) is 5.91 Å². The van der Waals surface area contributed by atoms with E-state index in [0.29, 0.717) is 35.7 Å². The first kappa shape index (κ1) is 24.2. The SMILES string of the molecule is CCN1CCc2[nH]c(-c3ccnc(NC(=O)[C@H](C)c4ccc(F)cc4)c3)c(Nc3ccccc3)c2C1=O. The summed E-state index contributed by atoms with van der Waals surface area (Å²) in [5.41, 5.74) is 5.33. The summed E-state index contributed by atoms with van der Waals surface area (Å²) in [6.07, 6.45) is 2.35. The third-order valence-corrected chi connectivity index (χ3v) is 6.70. The van der Waals surface area contributed by atoms with Gasteiger partial charge in [-0.3, -0.25) is 9.59 Å². The van der Waals surface area contributed by atoms with E-state index in [4.69, 9.17) is 0 Å². The highest BCUT2D eigenvalue weighted by atomic mass is 19.1. The number of likely N-dealkylation sites (N-methyl/N-ethyl adjacent to an activating group) is 1. The number of amides is 2. The molecule has 2 amide bonds. The quantitative estimate of drug-likeness (QED) is 0.305. The maximum absolute atomic E-state index is 13.3. The van der Waals surface area contributed by atoms with Crippen LogP contribution in [0.3, 0.4) is 0 Å². The van der Waals surface area contributed by atoms with E-state index in [1.165, 1.54) is 12.1 Å². The van der Waals surface area contributed by atoms with Crippen LogP contribution in [0.4, 0.5) is 21.6 Å². The first-order valence-corrected chi connectivity index (χ1v) is 12.3. The predicted molar refractivity (Wildman–Crippen MR) is 142 cm³/mol. The number of H-pyrrole nitrogens is 1. The lowest BCUT2D eigenvalue weighted by Crippen LogP contribution is -2.37. The number of nitrogens with one attached hydrogen (secondary N) is 3. The molecule has 8 heteroatoms. The number of pyridine rings is 1. The predicted octanol–water partition coefficient (Wildman–Crippen LogP) is 5.72. The fourth-order valence-corrected chi connectivity index (χ4v) is 4.58. The first-order chi connectivity index (χ1) is 17.9. The van der Waals surface area contributed by atoms with Crippen molar-refractivity contribution in [3.05, 3.63) is 95.6 Å². The van der Waals surface area contributed by atoms with Gasteiger partial charge in [-0.15, -0.1) is 0 Å². The number of hydrogen-bond donors (Lipinski definition) is 3. The van der Waals surface area contributed by atoms with Crippen LogP contribution >= 0.6 is 0 Å². The Hall–Kier alpha value is -4.46. The molecular formula is C29H28FN5O2. The van der Waals surface area contributed by atoms with Gasteiger partial charge in [0.15, 0.2) is 0 Å². The summed E-state index contributed by atoms with van der Waals surface area (Å²) in [6.45, 7) is 5.04. The van der Waals surface area contributed by atoms with E-state index in [2.05, 4.69) is 20.6 Å². The summed E-state index contributed by atoms with van der Waals surface area (Å²) in [5, 5.41) is 6.31. The number of nitrogens with zero attached hydrogens (tertiary/aromatic N) is 2. The van der Waals surface area contributed by atoms with Crippen molar-refractivity contribution in [3.63, 3.8) is 0 Å². The van der Waals surface area contributed by atoms with E-state index in [0.717, 1.165) is 29.1 Å². The van der Waals surface area contributed by atoms with E-state index in [9.17, 15) is 14.0 Å². The molecule has 0 unspecified atom stereocenters. The lowest BCUT2D eigenvalue weighted by Gasteiger charge is -2.26. The van der Waals surface area contributed by atoms with Crippen molar-refractivity contribution in [2.75, 3.05) is 23.7 Å². The van der Waals surface area contributed by atoms with Crippen LogP contribution in [-0.4, -0.2) is 39.8 Å². The molecule has 37 heavy (non-hydrogen) atoms. The molecule has 7 nitrogen and oxygen atoms in total. The molecule has 1 atom stereocenters. The topological polar surface area (TPSA) is 90.1 Å². The summed E-state index contributed by atoms with van der Waals surface area (Å²) in [7, 11) is 0. The Kier molecular flexibility index (Phi) is 6.72. The molecule has 3 heterocycles. The lowest BCUT2D eigenvalue weighted by atomic mass is 10.0. The molecule has 2 aromatic heterocycles. The number of aromatic amines is 1. The van der Waals surface area contributed by atoms with Crippen LogP contribution in [0.15, 0.2) is 72.9 Å². The second-order valence-corrected chi connectivity index (χ2v) is 9.05. The molecule has 0 aliphatic carbocycles. The highest BCUT2D eigenvalue weighted by Crippen LogP contribution is 2.38. The molecule has 0 saturated heterocycles. The minimum Gasteiger partial charge on any atom is -0.356 e. The maximum Gasteiger partial charge on any atom is 0.257 e. The number of aromatic nitrogens is 2. The lowest BCUT2D eigenvalue weighted by molar-refractivity contribution is -0.117. The molecule has 0 radical (unpaired) electrons. The minimum atomic E-state index is -0.489. The van der Waals surface area contributed by atoms with Crippen molar-refractivity contribution in [2.24, 2.45) is 0 Å². The highest BCUT2D eigenvalue weighted by molar-refractivity contribution is 6.06. The fourth-order valence-electron chi connectivity index (χ4n) is 4.58. The Balaban J connectivity index is 1.48. The van der Waals surface area contributed by atoms with Crippen molar-refractivity contribution in [1.82, 2.24) is 14.9 Å². The number of hydrogen-bond acceptors (Lipinski definition) is 4. The van der Waals surface area contributed by atoms with E-state index in [1.807, 2.05) is 48.2 Å². The average molecular weight is 498 g/mol. The number of para-hydroxylation sites is 1. The molecule has 188 valence electrons. The van der Waals surface area contributed by atoms with E-state index < -0.39 is 5.92 Å². The average Bonchev–Trinajstić information content (AvgIpc) is 3.28. The molecular weight excluding hydrogens is 469 g/mol. The number of carbonyl (C=O) groups is 2. The summed E-state index contributed by atoms with van der Waals surface area (Å²) in [6, 6.07) is 19.2. The van der Waals surface area contributed by atoms with Gasteiger partial charge in [0.05, 0.1) is 22.9 Å². The third kappa shape index (κ3) is 4.95. The van der Waals surface area contributed by atoms with Gasteiger partial charge in [-0.05, 0) is 55.8 Å². The summed E-state index contributed by atoms with van der Waals surface area (Å²) < 4.78 is 13.3. The van der Waals surface area contributed by atoms with Crippen LogP contribution in [0, 0.1) is 5.82 Å². The van der Waals surface area contributed by atoms with E-state index in [1.54, 1.807) is 31.3 Å². The molecule has 4 aromatic rings. The number of halogens is 1. The molecule has 0 bridgehead atoms. The van der Waals surface area contributed by atoms with Gasteiger partial charge in [-0.2, -0.15) is 0 Å². The van der Waals surface area contributed by atoms with Crippen molar-refractivity contribution in [1.29, 1.82) is 0 Å². The minimum absolute atomic E-state index is 0.0135. The van der Waals surface area contributed by atoms with Gasteiger partial charge < -0.3 is 20.5 Å². The number of fused-ring (bicyclic) bond motifs is 1. The molecule has 0 fully saturated rings. The smallest absolute Gasteiger partial charge is 0.257 e. The zero-order chi connectivity index (χ0) is 25.9. The second kappa shape index (κ2) is 10.3. The number of anilines is 3. The Bertz CT molecular complexity index is 1430. The van der Waals surface area contributed by atoms with Crippen molar-refractivity contribution < 1.29 is 14.0 Å². The largest absolute Gasteiger partial charge is 0.356 e. The normalized spacial score (nSPS) is 13.7. The van der Waals surface area contributed by atoms with Gasteiger partial charge >= 0.3 is 0 Å². The Morgan fingerprint density at radius 3 is 2.62 bits per heavy atom. The van der Waals surface area contributed by atoms with Crippen molar-refractivity contribution in [3.8, 4) is 11.3 Å². The summed E-state index contributed by atoms with van der Waals surface area (Å²) in [5.74, 6) is -0.716. The van der Waals surface area contributed by atoms with Crippen molar-refractivity contribution >= 4 is 29.0 Å². The van der Waals surface area contributed by atoms with Crippen LogP contribution in [-0.2, 0) is 11.2 Å². The number of carbonyl (C=O) groups excluding carboxylic acids is 2. The summed E-state index contributed by atoms with van der Waals surface area (Å²) in [4.78, 5) is 35.9. The molecule has 5 rings (SSSR count). The van der Waals surface area contributed by atoms with Gasteiger partial charge in [0, 0.05) is 42.7 Å². The molecule has 2 aromatic carbocycles. The zero-order valence-electron chi connectivity index (χ0n) is 20.7. The third-order valence-electron chi connectivity index (χ3n) is 6.70. The molecule has 0 spiro atoms. The van der Waals surface area contributed by atoms with Crippen LogP contribution in [0.1, 0.15) is 41.4 Å². The van der Waals surface area contributed by atoms with Gasteiger partial charge in [0.25, 0.3) is 5.91 Å². The van der Waals surface area contributed by atoms with Gasteiger partial charge in [0.1, 0.15) is 11.6 Å². The van der Waals surface area contributed by atoms with Crippen molar-refractivity contribution in [2.45, 2.75) is 26.2 Å².